The SMILES string of the molecule is Cc1nn(CC=CC(=O)O)c(C)c1[N+](=O)[O-]. The molecule has 16 heavy (non-hydrogen) atoms. The van der Waals surface area contributed by atoms with Gasteiger partial charge in [-0.2, -0.15) is 5.10 Å². The van der Waals surface area contributed by atoms with Gasteiger partial charge in [-0.25, -0.2) is 4.79 Å². The van der Waals surface area contributed by atoms with Crippen LogP contribution in [0.25, 0.3) is 0 Å². The van der Waals surface area contributed by atoms with Gasteiger partial charge in [0, 0.05) is 6.08 Å². The van der Waals surface area contributed by atoms with Gasteiger partial charge in [-0.15, -0.1) is 0 Å². The van der Waals surface area contributed by atoms with Crippen molar-refractivity contribution in [3.05, 3.63) is 33.7 Å². The Morgan fingerprint density at radius 1 is 1.62 bits per heavy atom. The molecule has 0 saturated heterocycles. The first-order valence-corrected chi connectivity index (χ1v) is 4.51. The van der Waals surface area contributed by atoms with Gasteiger partial charge in [0.2, 0.25) is 0 Å². The van der Waals surface area contributed by atoms with Crippen LogP contribution in [0.2, 0.25) is 0 Å². The first-order valence-electron chi connectivity index (χ1n) is 4.51. The van der Waals surface area contributed by atoms with Crippen molar-refractivity contribution in [3.8, 4) is 0 Å². The smallest absolute Gasteiger partial charge is 0.328 e. The lowest BCUT2D eigenvalue weighted by molar-refractivity contribution is -0.386. The van der Waals surface area contributed by atoms with Crippen molar-refractivity contribution in [1.82, 2.24) is 9.78 Å². The topological polar surface area (TPSA) is 98.3 Å². The predicted octanol–water partition coefficient (Wildman–Crippen LogP) is 1.05. The van der Waals surface area contributed by atoms with Gasteiger partial charge >= 0.3 is 11.7 Å². The van der Waals surface area contributed by atoms with Gasteiger partial charge < -0.3 is 5.11 Å². The normalized spacial score (nSPS) is 10.9. The van der Waals surface area contributed by atoms with E-state index < -0.39 is 10.9 Å². The zero-order chi connectivity index (χ0) is 12.3. The number of nitrogens with zero attached hydrogens (tertiary/aromatic N) is 3. The maximum Gasteiger partial charge on any atom is 0.328 e. The average Bonchev–Trinajstić information content (AvgIpc) is 2.41. The maximum atomic E-state index is 10.7. The largest absolute Gasteiger partial charge is 0.478 e. The van der Waals surface area contributed by atoms with E-state index in [1.807, 2.05) is 0 Å². The second kappa shape index (κ2) is 4.56. The van der Waals surface area contributed by atoms with Crippen LogP contribution >= 0.6 is 0 Å². The summed E-state index contributed by atoms with van der Waals surface area (Å²) in [4.78, 5) is 20.4. The molecule has 0 radical (unpaired) electrons. The van der Waals surface area contributed by atoms with Crippen molar-refractivity contribution in [3.63, 3.8) is 0 Å². The standard InChI is InChI=1S/C9H11N3O4/c1-6-9(12(15)16)7(2)11(10-6)5-3-4-8(13)14/h3-4H,5H2,1-2H3,(H,13,14). The van der Waals surface area contributed by atoms with Crippen molar-refractivity contribution >= 4 is 11.7 Å². The van der Waals surface area contributed by atoms with Gasteiger partial charge in [0.05, 0.1) is 11.5 Å². The van der Waals surface area contributed by atoms with Crippen molar-refractivity contribution in [2.45, 2.75) is 20.4 Å². The van der Waals surface area contributed by atoms with E-state index >= 15 is 0 Å². The number of rotatable bonds is 4. The molecule has 0 aromatic carbocycles. The van der Waals surface area contributed by atoms with Gasteiger partial charge in [-0.3, -0.25) is 14.8 Å². The molecule has 1 heterocycles. The third-order valence-electron chi connectivity index (χ3n) is 2.06. The number of carbonyl (C=O) groups is 1. The third-order valence-corrected chi connectivity index (χ3v) is 2.06. The van der Waals surface area contributed by atoms with Crippen molar-refractivity contribution < 1.29 is 14.8 Å². The van der Waals surface area contributed by atoms with Crippen LogP contribution in [0.3, 0.4) is 0 Å². The molecule has 1 aromatic rings. The number of aromatic nitrogens is 2. The number of carboxylic acid groups (broad SMARTS) is 1. The zero-order valence-electron chi connectivity index (χ0n) is 8.88. The lowest BCUT2D eigenvalue weighted by atomic mass is 10.3. The molecule has 0 aliphatic rings. The Morgan fingerprint density at radius 3 is 2.69 bits per heavy atom. The number of hydrogen-bond acceptors (Lipinski definition) is 4. The third kappa shape index (κ3) is 2.44. The fraction of sp³-hybridized carbons (Fsp3) is 0.333. The monoisotopic (exact) mass is 225 g/mol. The highest BCUT2D eigenvalue weighted by atomic mass is 16.6. The first-order chi connectivity index (χ1) is 7.43. The lowest BCUT2D eigenvalue weighted by Crippen LogP contribution is -2.01. The first kappa shape index (κ1) is 11.9. The highest BCUT2D eigenvalue weighted by molar-refractivity contribution is 5.79. The van der Waals surface area contributed by atoms with Crippen LogP contribution in [0.5, 0.6) is 0 Å². The maximum absolute atomic E-state index is 10.7. The minimum absolute atomic E-state index is 0.0243. The molecule has 0 amide bonds. The molecule has 0 bridgehead atoms. The molecular weight excluding hydrogens is 214 g/mol. The minimum Gasteiger partial charge on any atom is -0.478 e. The van der Waals surface area contributed by atoms with E-state index in [0.717, 1.165) is 6.08 Å². The van der Waals surface area contributed by atoms with E-state index in [1.54, 1.807) is 13.8 Å². The number of allylic oxidation sites excluding steroid dienone is 1. The molecule has 86 valence electrons. The van der Waals surface area contributed by atoms with Gasteiger partial charge in [-0.1, -0.05) is 6.08 Å². The van der Waals surface area contributed by atoms with Crippen LogP contribution in [0, 0.1) is 24.0 Å². The molecule has 0 aliphatic heterocycles. The summed E-state index contributed by atoms with van der Waals surface area (Å²) < 4.78 is 1.40. The fourth-order valence-corrected chi connectivity index (χ4v) is 1.38. The molecule has 0 fully saturated rings. The summed E-state index contributed by atoms with van der Waals surface area (Å²) >= 11 is 0. The van der Waals surface area contributed by atoms with Crippen LogP contribution in [-0.4, -0.2) is 25.8 Å². The average molecular weight is 225 g/mol. The van der Waals surface area contributed by atoms with Crippen LogP contribution < -0.4 is 0 Å². The molecule has 7 heteroatoms. The Morgan fingerprint density at radius 2 is 2.25 bits per heavy atom. The summed E-state index contributed by atoms with van der Waals surface area (Å²) in [5.41, 5.74) is 0.715. The van der Waals surface area contributed by atoms with Crippen LogP contribution in [0.15, 0.2) is 12.2 Å². The molecule has 1 aromatic heterocycles. The predicted molar refractivity (Wildman–Crippen MR) is 55.1 cm³/mol. The number of carboxylic acids is 1. The number of hydrogen-bond donors (Lipinski definition) is 1. The molecule has 0 saturated carbocycles. The quantitative estimate of drug-likeness (QED) is 0.469. The van der Waals surface area contributed by atoms with E-state index in [9.17, 15) is 14.9 Å². The second-order valence-corrected chi connectivity index (χ2v) is 3.20. The molecule has 0 unspecified atom stereocenters. The molecule has 1 N–H and O–H groups in total. The van der Waals surface area contributed by atoms with Crippen LogP contribution in [0.4, 0.5) is 5.69 Å². The Hall–Kier alpha value is -2.18. The number of aryl methyl sites for hydroxylation is 1. The second-order valence-electron chi connectivity index (χ2n) is 3.20. The number of nitro groups is 1. The van der Waals surface area contributed by atoms with E-state index in [1.165, 1.54) is 10.8 Å². The van der Waals surface area contributed by atoms with Crippen molar-refractivity contribution in [2.75, 3.05) is 0 Å². The molecule has 7 nitrogen and oxygen atoms in total. The summed E-state index contributed by atoms with van der Waals surface area (Å²) in [5.74, 6) is -1.06. The van der Waals surface area contributed by atoms with E-state index in [0.29, 0.717) is 11.4 Å². The highest BCUT2D eigenvalue weighted by Crippen LogP contribution is 2.21. The lowest BCUT2D eigenvalue weighted by Gasteiger charge is -1.97. The van der Waals surface area contributed by atoms with Gasteiger partial charge in [-0.05, 0) is 13.8 Å². The van der Waals surface area contributed by atoms with E-state index in [-0.39, 0.29) is 12.2 Å². The Bertz CT molecular complexity index is 462. The van der Waals surface area contributed by atoms with Gasteiger partial charge in [0.1, 0.15) is 11.4 Å². The van der Waals surface area contributed by atoms with Crippen LogP contribution in [-0.2, 0) is 11.3 Å². The summed E-state index contributed by atoms with van der Waals surface area (Å²) in [6, 6.07) is 0. The van der Waals surface area contributed by atoms with Gasteiger partial charge in [0.15, 0.2) is 0 Å². The minimum atomic E-state index is -1.06. The molecule has 1 rings (SSSR count). The summed E-state index contributed by atoms with van der Waals surface area (Å²) in [6.07, 6.45) is 2.35. The summed E-state index contributed by atoms with van der Waals surface area (Å²) in [5, 5.41) is 23.0. The van der Waals surface area contributed by atoms with Crippen molar-refractivity contribution in [2.24, 2.45) is 0 Å². The van der Waals surface area contributed by atoms with Crippen LogP contribution in [0.1, 0.15) is 11.4 Å². The summed E-state index contributed by atoms with van der Waals surface area (Å²) in [7, 11) is 0. The molecular formula is C9H11N3O4. The molecule has 0 spiro atoms. The van der Waals surface area contributed by atoms with Crippen molar-refractivity contribution in [1.29, 1.82) is 0 Å². The Kier molecular flexibility index (Phi) is 3.39. The molecule has 0 aliphatic carbocycles. The highest BCUT2D eigenvalue weighted by Gasteiger charge is 2.20. The number of aliphatic carboxylic acids is 1. The molecule has 0 atom stereocenters. The van der Waals surface area contributed by atoms with E-state index in [2.05, 4.69) is 5.10 Å². The Balaban J connectivity index is 2.95. The fourth-order valence-electron chi connectivity index (χ4n) is 1.38. The zero-order valence-corrected chi connectivity index (χ0v) is 8.88. The Labute approximate surface area is 91.1 Å². The summed E-state index contributed by atoms with van der Waals surface area (Å²) in [6.45, 7) is 3.32. The van der Waals surface area contributed by atoms with E-state index in [4.69, 9.17) is 5.11 Å². The van der Waals surface area contributed by atoms with Gasteiger partial charge in [0.25, 0.3) is 0 Å².